The van der Waals surface area contributed by atoms with Crippen LogP contribution in [0.5, 0.6) is 11.5 Å². The highest BCUT2D eigenvalue weighted by Gasteiger charge is 2.34. The van der Waals surface area contributed by atoms with E-state index in [1.807, 2.05) is 42.5 Å². The molecule has 0 saturated carbocycles. The Morgan fingerprint density at radius 2 is 1.94 bits per heavy atom. The molecule has 1 N–H and O–H groups in total. The molecule has 1 aliphatic heterocycles. The molecule has 1 amide bonds. The van der Waals surface area contributed by atoms with Crippen molar-refractivity contribution in [2.45, 2.75) is 53.0 Å². The molecule has 1 unspecified atom stereocenters. The minimum Gasteiger partial charge on any atom is -0.454 e. The summed E-state index contributed by atoms with van der Waals surface area (Å²) >= 11 is 0. The number of aryl methyl sites for hydroxylation is 1. The number of carbonyl (C=O) groups is 2. The van der Waals surface area contributed by atoms with Crippen LogP contribution in [0.25, 0.3) is 10.9 Å². The first kappa shape index (κ1) is 24.1. The van der Waals surface area contributed by atoms with Crippen molar-refractivity contribution in [3.8, 4) is 11.5 Å². The van der Waals surface area contributed by atoms with Crippen LogP contribution >= 0.6 is 0 Å². The van der Waals surface area contributed by atoms with Crippen LogP contribution in [-0.4, -0.2) is 30.3 Å². The number of amides is 1. The van der Waals surface area contributed by atoms with Gasteiger partial charge in [0.1, 0.15) is 0 Å². The number of pyridine rings is 1. The number of aromatic nitrogens is 1. The zero-order valence-corrected chi connectivity index (χ0v) is 21.1. The molecule has 2 aromatic carbocycles. The zero-order chi connectivity index (χ0) is 25.3. The van der Waals surface area contributed by atoms with Gasteiger partial charge in [0.25, 0.3) is 5.91 Å². The Labute approximate surface area is 211 Å². The maximum absolute atomic E-state index is 13.4. The van der Waals surface area contributed by atoms with Crippen LogP contribution in [0.1, 0.15) is 60.8 Å². The number of benzene rings is 2. The van der Waals surface area contributed by atoms with E-state index >= 15 is 0 Å². The first-order chi connectivity index (χ1) is 17.4. The van der Waals surface area contributed by atoms with Crippen LogP contribution in [-0.2, 0) is 28.9 Å². The van der Waals surface area contributed by atoms with Gasteiger partial charge in [-0.2, -0.15) is 0 Å². The van der Waals surface area contributed by atoms with Gasteiger partial charge >= 0.3 is 5.97 Å². The third kappa shape index (κ3) is 4.74. The van der Waals surface area contributed by atoms with Gasteiger partial charge in [0.2, 0.25) is 6.79 Å². The van der Waals surface area contributed by atoms with Crippen LogP contribution < -0.4 is 14.8 Å². The minimum absolute atomic E-state index is 0.166. The average molecular weight is 489 g/mol. The number of para-hydroxylation sites is 1. The van der Waals surface area contributed by atoms with Gasteiger partial charge in [0, 0.05) is 17.6 Å². The number of ether oxygens (including phenoxy) is 3. The predicted molar refractivity (Wildman–Crippen MR) is 136 cm³/mol. The molecule has 2 aliphatic rings. The quantitative estimate of drug-likeness (QED) is 0.472. The Morgan fingerprint density at radius 3 is 2.78 bits per heavy atom. The van der Waals surface area contributed by atoms with Crippen LogP contribution in [0, 0.1) is 11.3 Å². The molecule has 7 nitrogen and oxygen atoms in total. The normalized spacial score (nSPS) is 16.5. The first-order valence-electron chi connectivity index (χ1n) is 12.6. The van der Waals surface area contributed by atoms with Crippen LogP contribution in [0.2, 0.25) is 0 Å². The van der Waals surface area contributed by atoms with E-state index in [0.29, 0.717) is 29.5 Å². The molecule has 0 fully saturated rings. The average Bonchev–Trinajstić information content (AvgIpc) is 3.36. The molecular weight excluding hydrogens is 456 g/mol. The molecule has 36 heavy (non-hydrogen) atoms. The molecule has 7 heteroatoms. The number of nitrogens with zero attached hydrogens (tertiary/aromatic N) is 1. The number of rotatable bonds is 7. The largest absolute Gasteiger partial charge is 0.454 e. The fourth-order valence-electron chi connectivity index (χ4n) is 5.08. The van der Waals surface area contributed by atoms with E-state index < -0.39 is 5.97 Å². The number of esters is 1. The Kier molecular flexibility index (Phi) is 6.56. The lowest BCUT2D eigenvalue weighted by atomic mass is 9.68. The van der Waals surface area contributed by atoms with Gasteiger partial charge < -0.3 is 19.5 Å². The molecular formula is C29H32N2O5. The van der Waals surface area contributed by atoms with Crippen molar-refractivity contribution in [2.24, 2.45) is 11.3 Å². The van der Waals surface area contributed by atoms with Gasteiger partial charge in [0.15, 0.2) is 18.1 Å². The van der Waals surface area contributed by atoms with Gasteiger partial charge in [-0.05, 0) is 59.9 Å². The van der Waals surface area contributed by atoms with Crippen molar-refractivity contribution in [1.82, 2.24) is 10.3 Å². The van der Waals surface area contributed by atoms with E-state index in [-0.39, 0.29) is 24.7 Å². The Hall–Kier alpha value is -3.61. The Balaban J connectivity index is 1.31. The second-order valence-corrected chi connectivity index (χ2v) is 10.3. The van der Waals surface area contributed by atoms with Crippen molar-refractivity contribution in [2.75, 3.05) is 13.4 Å². The van der Waals surface area contributed by atoms with Crippen LogP contribution in [0.4, 0.5) is 0 Å². The number of hydrogen-bond acceptors (Lipinski definition) is 6. The summed E-state index contributed by atoms with van der Waals surface area (Å²) in [5.41, 5.74) is 4.31. The SMILES string of the molecule is CCC(C)(C)C1CCc2nc3ccccc3c(C(=O)OCC(=O)NCc3ccc4c(c3)OCO4)c2C1. The van der Waals surface area contributed by atoms with Gasteiger partial charge in [-0.1, -0.05) is 51.5 Å². The van der Waals surface area contributed by atoms with E-state index in [9.17, 15) is 9.59 Å². The van der Waals surface area contributed by atoms with E-state index in [4.69, 9.17) is 19.2 Å². The highest BCUT2D eigenvalue weighted by molar-refractivity contribution is 6.05. The Bertz CT molecular complexity index is 1320. The monoisotopic (exact) mass is 488 g/mol. The molecule has 0 saturated heterocycles. The third-order valence-corrected chi connectivity index (χ3v) is 7.74. The zero-order valence-electron chi connectivity index (χ0n) is 21.1. The summed E-state index contributed by atoms with van der Waals surface area (Å²) in [4.78, 5) is 30.8. The number of hydrogen-bond donors (Lipinski definition) is 1. The smallest absolute Gasteiger partial charge is 0.339 e. The van der Waals surface area contributed by atoms with Crippen molar-refractivity contribution >= 4 is 22.8 Å². The molecule has 1 atom stereocenters. The fourth-order valence-corrected chi connectivity index (χ4v) is 5.08. The highest BCUT2D eigenvalue weighted by Crippen LogP contribution is 2.41. The fraction of sp³-hybridized carbons (Fsp3) is 0.414. The second-order valence-electron chi connectivity index (χ2n) is 10.3. The summed E-state index contributed by atoms with van der Waals surface area (Å²) in [5, 5.41) is 3.58. The molecule has 188 valence electrons. The number of nitrogens with one attached hydrogen (secondary N) is 1. The maximum atomic E-state index is 13.4. The van der Waals surface area contributed by atoms with E-state index in [1.165, 1.54) is 0 Å². The summed E-state index contributed by atoms with van der Waals surface area (Å²) in [6.07, 6.45) is 3.74. The third-order valence-electron chi connectivity index (χ3n) is 7.74. The molecule has 0 radical (unpaired) electrons. The van der Waals surface area contributed by atoms with Gasteiger partial charge in [-0.3, -0.25) is 9.78 Å². The summed E-state index contributed by atoms with van der Waals surface area (Å²) in [5.74, 6) is 0.967. The van der Waals surface area contributed by atoms with E-state index in [1.54, 1.807) is 0 Å². The van der Waals surface area contributed by atoms with Crippen LogP contribution in [0.15, 0.2) is 42.5 Å². The molecule has 2 heterocycles. The van der Waals surface area contributed by atoms with E-state index in [0.717, 1.165) is 53.4 Å². The van der Waals surface area contributed by atoms with Crippen molar-refractivity contribution in [1.29, 1.82) is 0 Å². The van der Waals surface area contributed by atoms with Gasteiger partial charge in [-0.25, -0.2) is 4.79 Å². The van der Waals surface area contributed by atoms with Crippen molar-refractivity contribution in [3.63, 3.8) is 0 Å². The lowest BCUT2D eigenvalue weighted by molar-refractivity contribution is -0.124. The van der Waals surface area contributed by atoms with Crippen molar-refractivity contribution in [3.05, 3.63) is 64.8 Å². The molecule has 0 spiro atoms. The Morgan fingerprint density at radius 1 is 1.14 bits per heavy atom. The molecule has 5 rings (SSSR count). The van der Waals surface area contributed by atoms with E-state index in [2.05, 4.69) is 26.1 Å². The summed E-state index contributed by atoms with van der Waals surface area (Å²) in [6.45, 7) is 6.95. The number of carbonyl (C=O) groups excluding carboxylic acids is 2. The maximum Gasteiger partial charge on any atom is 0.339 e. The van der Waals surface area contributed by atoms with Crippen molar-refractivity contribution < 1.29 is 23.8 Å². The molecule has 1 aromatic heterocycles. The summed E-state index contributed by atoms with van der Waals surface area (Å²) < 4.78 is 16.2. The molecule has 1 aliphatic carbocycles. The lowest BCUT2D eigenvalue weighted by Gasteiger charge is -2.37. The topological polar surface area (TPSA) is 86.8 Å². The number of fused-ring (bicyclic) bond motifs is 3. The first-order valence-corrected chi connectivity index (χ1v) is 12.6. The summed E-state index contributed by atoms with van der Waals surface area (Å²) in [7, 11) is 0. The predicted octanol–water partition coefficient (Wildman–Crippen LogP) is 4.98. The lowest BCUT2D eigenvalue weighted by Crippen LogP contribution is -2.31. The van der Waals surface area contributed by atoms with Crippen LogP contribution in [0.3, 0.4) is 0 Å². The molecule has 3 aromatic rings. The minimum atomic E-state index is -0.474. The standard InChI is InChI=1S/C29H32N2O5/c1-4-29(2,3)19-10-11-23-21(14-19)27(20-7-5-6-8-22(20)31-23)28(33)34-16-26(32)30-15-18-9-12-24-25(13-18)36-17-35-24/h5-9,12-13,19H,4,10-11,14-17H2,1-3H3,(H,30,32). The second kappa shape index (κ2) is 9.80. The van der Waals surface area contributed by atoms with Gasteiger partial charge in [0.05, 0.1) is 11.1 Å². The highest BCUT2D eigenvalue weighted by atomic mass is 16.7. The molecule has 0 bridgehead atoms. The summed E-state index contributed by atoms with van der Waals surface area (Å²) in [6, 6.07) is 13.2. The van der Waals surface area contributed by atoms with Gasteiger partial charge in [-0.15, -0.1) is 0 Å².